The predicted molar refractivity (Wildman–Crippen MR) is 125 cm³/mol. The van der Waals surface area contributed by atoms with Gasteiger partial charge in [0.2, 0.25) is 5.91 Å². The Morgan fingerprint density at radius 1 is 0.971 bits per heavy atom. The van der Waals surface area contributed by atoms with E-state index in [-0.39, 0.29) is 24.6 Å². The average Bonchev–Trinajstić information content (AvgIpc) is 3.24. The van der Waals surface area contributed by atoms with E-state index in [1.165, 1.54) is 23.8 Å². The zero-order chi connectivity index (χ0) is 24.3. The number of anilines is 1. The number of carbonyl (C=O) groups excluding carboxylic acids is 2. The van der Waals surface area contributed by atoms with Crippen LogP contribution < -0.4 is 5.32 Å². The molecule has 2 heterocycles. The molecule has 3 aromatic rings. The molecule has 0 unspecified atom stereocenters. The lowest BCUT2D eigenvalue weighted by Crippen LogP contribution is -2.49. The topological polar surface area (TPSA) is 68.4 Å². The summed E-state index contributed by atoms with van der Waals surface area (Å²) in [6.45, 7) is 4.65. The first-order valence-corrected chi connectivity index (χ1v) is 11.3. The number of halogens is 3. The van der Waals surface area contributed by atoms with Crippen molar-refractivity contribution in [3.8, 4) is 0 Å². The summed E-state index contributed by atoms with van der Waals surface area (Å²) in [5, 5.41) is 3.31. The van der Waals surface area contributed by atoms with E-state index in [2.05, 4.69) is 17.2 Å². The van der Waals surface area contributed by atoms with Crippen LogP contribution >= 0.6 is 0 Å². The Hall–Kier alpha value is -3.17. The number of hydrogen-bond donors (Lipinski definition) is 2. The molecule has 34 heavy (non-hydrogen) atoms. The molecule has 0 spiro atoms. The summed E-state index contributed by atoms with van der Waals surface area (Å²) in [5.74, 6) is -0.457. The highest BCUT2D eigenvalue weighted by molar-refractivity contribution is 6.09. The van der Waals surface area contributed by atoms with Gasteiger partial charge < -0.3 is 10.3 Å². The molecule has 1 aliphatic heterocycles. The fraction of sp³-hybridized carbons (Fsp3) is 0.360. The summed E-state index contributed by atoms with van der Waals surface area (Å²) in [6, 6.07) is 10.9. The Morgan fingerprint density at radius 3 is 2.32 bits per heavy atom. The molecule has 0 saturated carbocycles. The summed E-state index contributed by atoms with van der Waals surface area (Å²) in [7, 11) is 0. The molecular formula is C25H27F3N4O2. The minimum atomic E-state index is -4.54. The van der Waals surface area contributed by atoms with Crippen molar-refractivity contribution in [2.45, 2.75) is 19.5 Å². The van der Waals surface area contributed by atoms with Crippen molar-refractivity contribution in [2.75, 3.05) is 44.6 Å². The van der Waals surface area contributed by atoms with E-state index in [9.17, 15) is 22.8 Å². The van der Waals surface area contributed by atoms with Crippen molar-refractivity contribution < 1.29 is 22.8 Å². The highest BCUT2D eigenvalue weighted by Gasteiger charge is 2.33. The van der Waals surface area contributed by atoms with Gasteiger partial charge in [-0.1, -0.05) is 37.3 Å². The van der Waals surface area contributed by atoms with E-state index in [0.717, 1.165) is 23.4 Å². The minimum Gasteiger partial charge on any atom is -0.360 e. The number of hydrogen-bond acceptors (Lipinski definition) is 4. The van der Waals surface area contributed by atoms with E-state index < -0.39 is 17.6 Å². The Morgan fingerprint density at radius 2 is 1.65 bits per heavy atom. The Kier molecular flexibility index (Phi) is 7.04. The van der Waals surface area contributed by atoms with Crippen LogP contribution in [0.2, 0.25) is 0 Å². The molecule has 0 bridgehead atoms. The number of amides is 1. The van der Waals surface area contributed by atoms with Gasteiger partial charge in [-0.05, 0) is 24.1 Å². The molecule has 6 nitrogen and oxygen atoms in total. The fourth-order valence-corrected chi connectivity index (χ4v) is 4.37. The van der Waals surface area contributed by atoms with Gasteiger partial charge in [0.15, 0.2) is 5.78 Å². The standard InChI is InChI=1S/C25H27F3N4O2/c1-2-17-6-5-7-18-19(14-29-24(17)18)22(33)15-31-10-12-32(13-11-31)16-23(34)30-21-9-4-3-8-20(21)25(26,27)28/h3-9,14,29H,2,10-13,15-16H2,1H3,(H,30,34). The predicted octanol–water partition coefficient (Wildman–Crippen LogP) is 4.19. The monoisotopic (exact) mass is 472 g/mol. The fourth-order valence-electron chi connectivity index (χ4n) is 4.37. The van der Waals surface area contributed by atoms with E-state index in [1.807, 2.05) is 28.0 Å². The lowest BCUT2D eigenvalue weighted by molar-refractivity contribution is -0.137. The lowest BCUT2D eigenvalue weighted by atomic mass is 10.0. The third kappa shape index (κ3) is 5.31. The van der Waals surface area contributed by atoms with Crippen LogP contribution in [0.25, 0.3) is 10.9 Å². The number of alkyl halides is 3. The molecule has 180 valence electrons. The number of benzene rings is 2. The van der Waals surface area contributed by atoms with Gasteiger partial charge in [-0.3, -0.25) is 19.4 Å². The van der Waals surface area contributed by atoms with Crippen molar-refractivity contribution in [3.63, 3.8) is 0 Å². The van der Waals surface area contributed by atoms with Gasteiger partial charge in [0.25, 0.3) is 0 Å². The third-order valence-corrected chi connectivity index (χ3v) is 6.19. The van der Waals surface area contributed by atoms with Gasteiger partial charge in [0, 0.05) is 48.8 Å². The first-order valence-electron chi connectivity index (χ1n) is 11.3. The maximum atomic E-state index is 13.1. The van der Waals surface area contributed by atoms with Crippen LogP contribution in [0, 0.1) is 0 Å². The maximum Gasteiger partial charge on any atom is 0.418 e. The summed E-state index contributed by atoms with van der Waals surface area (Å²) < 4.78 is 39.4. The maximum absolute atomic E-state index is 13.1. The Bertz CT molecular complexity index is 1180. The molecule has 0 atom stereocenters. The number of aromatic nitrogens is 1. The molecule has 4 rings (SSSR count). The number of aromatic amines is 1. The number of Topliss-reactive ketones (excluding diaryl/α,β-unsaturated/α-hetero) is 1. The molecule has 1 saturated heterocycles. The first-order chi connectivity index (χ1) is 16.3. The van der Waals surface area contributed by atoms with Crippen LogP contribution in [0.4, 0.5) is 18.9 Å². The van der Waals surface area contributed by atoms with Crippen molar-refractivity contribution in [2.24, 2.45) is 0 Å². The number of piperazine rings is 1. The first kappa shape index (κ1) is 24.0. The van der Waals surface area contributed by atoms with Crippen molar-refractivity contribution >= 4 is 28.3 Å². The number of carbonyl (C=O) groups is 2. The van der Waals surface area contributed by atoms with Gasteiger partial charge in [0.1, 0.15) is 0 Å². The van der Waals surface area contributed by atoms with Crippen LogP contribution in [-0.4, -0.2) is 65.7 Å². The highest BCUT2D eigenvalue weighted by atomic mass is 19.4. The van der Waals surface area contributed by atoms with E-state index in [0.29, 0.717) is 31.7 Å². The summed E-state index contributed by atoms with van der Waals surface area (Å²) in [4.78, 5) is 32.4. The summed E-state index contributed by atoms with van der Waals surface area (Å²) in [6.07, 6.45) is -1.89. The zero-order valence-corrected chi connectivity index (χ0v) is 18.9. The molecule has 1 aliphatic rings. The molecule has 9 heteroatoms. The number of nitrogens with one attached hydrogen (secondary N) is 2. The summed E-state index contributed by atoms with van der Waals surface area (Å²) in [5.41, 5.74) is 1.73. The number of H-pyrrole nitrogens is 1. The van der Waals surface area contributed by atoms with Crippen LogP contribution in [0.15, 0.2) is 48.7 Å². The second-order valence-corrected chi connectivity index (χ2v) is 8.46. The summed E-state index contributed by atoms with van der Waals surface area (Å²) >= 11 is 0. The molecule has 1 amide bonds. The van der Waals surface area contributed by atoms with E-state index >= 15 is 0 Å². The van der Waals surface area contributed by atoms with Crippen LogP contribution in [0.3, 0.4) is 0 Å². The molecule has 2 aromatic carbocycles. The van der Waals surface area contributed by atoms with Crippen molar-refractivity contribution in [1.29, 1.82) is 0 Å². The molecule has 0 radical (unpaired) electrons. The van der Waals surface area contributed by atoms with Gasteiger partial charge >= 0.3 is 6.18 Å². The highest BCUT2D eigenvalue weighted by Crippen LogP contribution is 2.34. The second-order valence-electron chi connectivity index (χ2n) is 8.46. The van der Waals surface area contributed by atoms with Crippen molar-refractivity contribution in [1.82, 2.24) is 14.8 Å². The Labute approximate surface area is 195 Å². The lowest BCUT2D eigenvalue weighted by Gasteiger charge is -2.33. The van der Waals surface area contributed by atoms with Crippen LogP contribution in [-0.2, 0) is 17.4 Å². The number of rotatable bonds is 7. The number of aryl methyl sites for hydroxylation is 1. The van der Waals surface area contributed by atoms with Gasteiger partial charge in [-0.25, -0.2) is 0 Å². The number of ketones is 1. The Balaban J connectivity index is 1.30. The van der Waals surface area contributed by atoms with Crippen LogP contribution in [0.1, 0.15) is 28.4 Å². The molecule has 0 aliphatic carbocycles. The van der Waals surface area contributed by atoms with Crippen LogP contribution in [0.5, 0.6) is 0 Å². The number of para-hydroxylation sites is 2. The molecular weight excluding hydrogens is 445 g/mol. The quantitative estimate of drug-likeness (QED) is 0.506. The average molecular weight is 473 g/mol. The third-order valence-electron chi connectivity index (χ3n) is 6.19. The van der Waals surface area contributed by atoms with Gasteiger partial charge in [-0.2, -0.15) is 13.2 Å². The van der Waals surface area contributed by atoms with Crippen molar-refractivity contribution in [3.05, 3.63) is 65.4 Å². The molecule has 2 N–H and O–H groups in total. The van der Waals surface area contributed by atoms with Gasteiger partial charge in [0.05, 0.1) is 24.3 Å². The SMILES string of the molecule is CCc1cccc2c(C(=O)CN3CCN(CC(=O)Nc4ccccc4C(F)(F)F)CC3)c[nH]c12. The molecule has 1 aromatic heterocycles. The zero-order valence-electron chi connectivity index (χ0n) is 18.9. The van der Waals surface area contributed by atoms with E-state index in [4.69, 9.17) is 0 Å². The minimum absolute atomic E-state index is 0.00375. The number of fused-ring (bicyclic) bond motifs is 1. The number of nitrogens with zero attached hydrogens (tertiary/aromatic N) is 2. The van der Waals surface area contributed by atoms with E-state index in [1.54, 1.807) is 6.20 Å². The smallest absolute Gasteiger partial charge is 0.360 e. The molecule has 1 fully saturated rings. The normalized spacial score (nSPS) is 15.5. The largest absolute Gasteiger partial charge is 0.418 e. The second kappa shape index (κ2) is 9.99. The van der Waals surface area contributed by atoms with Gasteiger partial charge in [-0.15, -0.1) is 0 Å².